The first-order valence-electron chi connectivity index (χ1n) is 6.86. The molecule has 23 heavy (non-hydrogen) atoms. The first kappa shape index (κ1) is 14.5. The predicted octanol–water partition coefficient (Wildman–Crippen LogP) is 2.81. The Balaban J connectivity index is 2.13. The number of rotatable bonds is 3. The summed E-state index contributed by atoms with van der Waals surface area (Å²) in [6, 6.07) is 16.0. The van der Waals surface area contributed by atoms with E-state index >= 15 is 0 Å². The Morgan fingerprint density at radius 3 is 2.35 bits per heavy atom. The van der Waals surface area contributed by atoms with Gasteiger partial charge in [0.1, 0.15) is 11.8 Å². The van der Waals surface area contributed by atoms with E-state index in [1.165, 1.54) is 16.8 Å². The number of aromatic carboxylic acids is 1. The topological polar surface area (TPSA) is 91.8 Å². The maximum atomic E-state index is 10.9. The van der Waals surface area contributed by atoms with Crippen molar-refractivity contribution in [3.63, 3.8) is 0 Å². The van der Waals surface area contributed by atoms with Crippen molar-refractivity contribution in [1.82, 2.24) is 15.0 Å². The first-order valence-corrected chi connectivity index (χ1v) is 6.86. The van der Waals surface area contributed by atoms with Crippen molar-refractivity contribution in [3.8, 4) is 23.0 Å². The number of aryl methyl sites for hydroxylation is 1. The Kier molecular flexibility index (Phi) is 3.61. The minimum absolute atomic E-state index is 0.186. The fourth-order valence-electron chi connectivity index (χ4n) is 2.25. The summed E-state index contributed by atoms with van der Waals surface area (Å²) in [6.07, 6.45) is 0. The van der Waals surface area contributed by atoms with E-state index in [2.05, 4.69) is 10.3 Å². The lowest BCUT2D eigenvalue weighted by molar-refractivity contribution is 0.0697. The molecule has 0 bridgehead atoms. The average Bonchev–Trinajstić information content (AvgIpc) is 2.99. The Morgan fingerprint density at radius 2 is 1.78 bits per heavy atom. The zero-order valence-corrected chi connectivity index (χ0v) is 12.3. The second-order valence-electron chi connectivity index (χ2n) is 5.03. The molecule has 0 radical (unpaired) electrons. The molecule has 6 nitrogen and oxygen atoms in total. The van der Waals surface area contributed by atoms with Gasteiger partial charge in [0.15, 0.2) is 5.69 Å². The molecule has 1 N–H and O–H groups in total. The minimum atomic E-state index is -0.994. The van der Waals surface area contributed by atoms with Crippen molar-refractivity contribution < 1.29 is 9.90 Å². The van der Waals surface area contributed by atoms with Gasteiger partial charge in [-0.25, -0.2) is 9.48 Å². The van der Waals surface area contributed by atoms with Gasteiger partial charge in [0.25, 0.3) is 0 Å². The fourth-order valence-corrected chi connectivity index (χ4v) is 2.25. The van der Waals surface area contributed by atoms with Crippen molar-refractivity contribution in [2.24, 2.45) is 0 Å². The molecular weight excluding hydrogens is 292 g/mol. The van der Waals surface area contributed by atoms with E-state index in [0.717, 1.165) is 11.1 Å². The number of nitrogens with zero attached hydrogens (tertiary/aromatic N) is 4. The molecule has 0 fully saturated rings. The third-order valence-corrected chi connectivity index (χ3v) is 3.46. The molecule has 0 saturated heterocycles. The Labute approximate surface area is 132 Å². The van der Waals surface area contributed by atoms with Crippen molar-refractivity contribution in [2.75, 3.05) is 0 Å². The molecule has 0 amide bonds. The quantitative estimate of drug-likeness (QED) is 0.803. The lowest BCUT2D eigenvalue weighted by atomic mass is 10.1. The van der Waals surface area contributed by atoms with Crippen LogP contribution in [0.15, 0.2) is 48.5 Å². The molecule has 0 aliphatic rings. The molecule has 1 aromatic heterocycles. The zero-order valence-electron chi connectivity index (χ0n) is 12.3. The molecule has 3 rings (SSSR count). The third kappa shape index (κ3) is 2.68. The lowest BCUT2D eigenvalue weighted by Crippen LogP contribution is -2.02. The zero-order chi connectivity index (χ0) is 16.4. The van der Waals surface area contributed by atoms with E-state index in [9.17, 15) is 10.1 Å². The molecule has 0 spiro atoms. The molecule has 2 aromatic carbocycles. The number of benzene rings is 2. The van der Waals surface area contributed by atoms with Gasteiger partial charge in [-0.2, -0.15) is 5.26 Å². The molecule has 3 aromatic rings. The summed E-state index contributed by atoms with van der Waals surface area (Å²) in [4.78, 5) is 10.9. The van der Waals surface area contributed by atoms with E-state index in [4.69, 9.17) is 5.11 Å². The first-order chi connectivity index (χ1) is 11.1. The molecule has 0 aliphatic carbocycles. The highest BCUT2D eigenvalue weighted by molar-refractivity contribution is 5.87. The van der Waals surface area contributed by atoms with Crippen LogP contribution >= 0.6 is 0 Å². The number of nitriles is 1. The van der Waals surface area contributed by atoms with Gasteiger partial charge in [-0.1, -0.05) is 35.0 Å². The van der Waals surface area contributed by atoms with Crippen LogP contribution in [0.2, 0.25) is 0 Å². The van der Waals surface area contributed by atoms with Crippen LogP contribution in [0.5, 0.6) is 0 Å². The fraction of sp³-hybridized carbons (Fsp3) is 0.0588. The third-order valence-electron chi connectivity index (χ3n) is 3.46. The summed E-state index contributed by atoms with van der Waals surface area (Å²) in [6.45, 7) is 1.98. The lowest BCUT2D eigenvalue weighted by Gasteiger charge is -2.07. The van der Waals surface area contributed by atoms with Crippen molar-refractivity contribution in [1.29, 1.82) is 5.26 Å². The SMILES string of the molecule is Cc1ccc(-c2c(C#N)nnn2-c2ccc(C(=O)O)cc2)cc1. The average molecular weight is 304 g/mol. The Hall–Kier alpha value is -3.46. The highest BCUT2D eigenvalue weighted by atomic mass is 16.4. The van der Waals surface area contributed by atoms with Crippen LogP contribution in [0, 0.1) is 18.3 Å². The molecule has 0 atom stereocenters. The van der Waals surface area contributed by atoms with Gasteiger partial charge in [0, 0.05) is 5.56 Å². The summed E-state index contributed by atoms with van der Waals surface area (Å²) < 4.78 is 1.54. The number of carboxylic acid groups (broad SMARTS) is 1. The molecule has 0 aliphatic heterocycles. The van der Waals surface area contributed by atoms with Crippen LogP contribution in [0.3, 0.4) is 0 Å². The summed E-state index contributed by atoms with van der Waals surface area (Å²) in [5, 5.41) is 26.2. The molecule has 112 valence electrons. The maximum absolute atomic E-state index is 10.9. The van der Waals surface area contributed by atoms with Gasteiger partial charge >= 0.3 is 5.97 Å². The van der Waals surface area contributed by atoms with Crippen molar-refractivity contribution in [2.45, 2.75) is 6.92 Å². The smallest absolute Gasteiger partial charge is 0.335 e. The van der Waals surface area contributed by atoms with E-state index in [1.807, 2.05) is 37.3 Å². The van der Waals surface area contributed by atoms with Crippen molar-refractivity contribution >= 4 is 5.97 Å². The Morgan fingerprint density at radius 1 is 1.13 bits per heavy atom. The second-order valence-corrected chi connectivity index (χ2v) is 5.03. The highest BCUT2D eigenvalue weighted by Crippen LogP contribution is 2.25. The number of carbonyl (C=O) groups is 1. The van der Waals surface area contributed by atoms with Crippen LogP contribution in [-0.2, 0) is 0 Å². The molecule has 6 heteroatoms. The van der Waals surface area contributed by atoms with Gasteiger partial charge in [0.2, 0.25) is 0 Å². The standard InChI is InChI=1S/C17H12N4O2/c1-11-2-4-12(5-3-11)16-15(10-18)19-20-21(16)14-8-6-13(7-9-14)17(22)23/h2-9H,1H3,(H,22,23). The normalized spacial score (nSPS) is 10.3. The molecule has 0 saturated carbocycles. The number of aromatic nitrogens is 3. The van der Waals surface area contributed by atoms with Crippen LogP contribution in [0.1, 0.15) is 21.6 Å². The van der Waals surface area contributed by atoms with Crippen LogP contribution in [0.4, 0.5) is 0 Å². The van der Waals surface area contributed by atoms with Crippen LogP contribution in [-0.4, -0.2) is 26.1 Å². The molecule has 1 heterocycles. The predicted molar refractivity (Wildman–Crippen MR) is 83.2 cm³/mol. The second kappa shape index (κ2) is 5.73. The monoisotopic (exact) mass is 304 g/mol. The number of hydrogen-bond donors (Lipinski definition) is 1. The van der Waals surface area contributed by atoms with E-state index < -0.39 is 5.97 Å². The summed E-state index contributed by atoms with van der Waals surface area (Å²) >= 11 is 0. The summed E-state index contributed by atoms with van der Waals surface area (Å²) in [5.74, 6) is -0.994. The summed E-state index contributed by atoms with van der Waals surface area (Å²) in [7, 11) is 0. The summed E-state index contributed by atoms with van der Waals surface area (Å²) in [5.41, 5.74) is 3.55. The Bertz CT molecular complexity index is 903. The van der Waals surface area contributed by atoms with E-state index in [0.29, 0.717) is 11.4 Å². The van der Waals surface area contributed by atoms with Gasteiger partial charge in [0.05, 0.1) is 11.3 Å². The van der Waals surface area contributed by atoms with Crippen LogP contribution < -0.4 is 0 Å². The van der Waals surface area contributed by atoms with Crippen molar-refractivity contribution in [3.05, 3.63) is 65.4 Å². The molecular formula is C17H12N4O2. The number of hydrogen-bond acceptors (Lipinski definition) is 4. The highest BCUT2D eigenvalue weighted by Gasteiger charge is 2.16. The minimum Gasteiger partial charge on any atom is -0.478 e. The van der Waals surface area contributed by atoms with Gasteiger partial charge in [-0.3, -0.25) is 0 Å². The van der Waals surface area contributed by atoms with Gasteiger partial charge < -0.3 is 5.11 Å². The van der Waals surface area contributed by atoms with Gasteiger partial charge in [-0.05, 0) is 31.2 Å². The van der Waals surface area contributed by atoms with E-state index in [1.54, 1.807) is 12.1 Å². The van der Waals surface area contributed by atoms with Crippen LogP contribution in [0.25, 0.3) is 16.9 Å². The molecule has 0 unspecified atom stereocenters. The van der Waals surface area contributed by atoms with E-state index in [-0.39, 0.29) is 11.3 Å². The van der Waals surface area contributed by atoms with Gasteiger partial charge in [-0.15, -0.1) is 5.10 Å². The largest absolute Gasteiger partial charge is 0.478 e. The maximum Gasteiger partial charge on any atom is 0.335 e. The number of carboxylic acids is 1.